The molecule has 2 aliphatic heterocycles. The van der Waals surface area contributed by atoms with Crippen LogP contribution in [0.5, 0.6) is 0 Å². The quantitative estimate of drug-likeness (QED) is 0.883. The molecule has 0 unspecified atom stereocenters. The minimum absolute atomic E-state index is 0.183. The van der Waals surface area contributed by atoms with Gasteiger partial charge in [0.1, 0.15) is 0 Å². The Kier molecular flexibility index (Phi) is 5.31. The topological polar surface area (TPSA) is 69.3 Å². The summed E-state index contributed by atoms with van der Waals surface area (Å²) in [6, 6.07) is 13.9. The van der Waals surface area contributed by atoms with E-state index in [0.717, 1.165) is 38.2 Å². The van der Waals surface area contributed by atoms with Gasteiger partial charge in [-0.15, -0.1) is 0 Å². The van der Waals surface area contributed by atoms with E-state index in [1.165, 1.54) is 18.1 Å². The fraction of sp³-hybridized carbons (Fsp3) is 0.500. The van der Waals surface area contributed by atoms with Crippen LogP contribution in [0.1, 0.15) is 42.9 Å². The number of aryl methyl sites for hydroxylation is 1. The molecule has 1 N–H and O–H groups in total. The molecule has 3 heterocycles. The first kappa shape index (κ1) is 18.9. The first-order chi connectivity index (χ1) is 13.6. The number of rotatable bonds is 4. The summed E-state index contributed by atoms with van der Waals surface area (Å²) in [6.07, 6.45) is 4.25. The van der Waals surface area contributed by atoms with Crippen molar-refractivity contribution in [2.45, 2.75) is 43.6 Å². The van der Waals surface area contributed by atoms with Gasteiger partial charge in [0.2, 0.25) is 5.91 Å². The van der Waals surface area contributed by atoms with E-state index in [2.05, 4.69) is 52.5 Å². The molecule has 1 amide bonds. The maximum absolute atomic E-state index is 12.6. The predicted octanol–water partition coefficient (Wildman–Crippen LogP) is 2.18. The standard InChI is InChI=1S/C22H28N4O2/c1-25-16-18(17-5-3-2-4-6-17)15-22(25)11-13-26(14-12-22)21(28)10-8-19-7-9-20(27)24-23-19/h2-7,9,18H,8,10-16H2,1H3,(H,24,27)/t18-/m1/s1. The predicted molar refractivity (Wildman–Crippen MR) is 108 cm³/mol. The van der Waals surface area contributed by atoms with Gasteiger partial charge in [-0.2, -0.15) is 5.10 Å². The molecule has 2 fully saturated rings. The van der Waals surface area contributed by atoms with Crippen LogP contribution in [0, 0.1) is 0 Å². The number of likely N-dealkylation sites (N-methyl/N-ethyl adjacent to an activating group) is 1. The Hall–Kier alpha value is -2.47. The maximum Gasteiger partial charge on any atom is 0.264 e. The van der Waals surface area contributed by atoms with E-state index >= 15 is 0 Å². The van der Waals surface area contributed by atoms with Crippen molar-refractivity contribution in [1.29, 1.82) is 0 Å². The third-order valence-corrected chi connectivity index (χ3v) is 6.58. The first-order valence-corrected chi connectivity index (χ1v) is 10.1. The molecule has 1 spiro atoms. The molecular formula is C22H28N4O2. The van der Waals surface area contributed by atoms with E-state index in [0.29, 0.717) is 18.8 Å². The van der Waals surface area contributed by atoms with Crippen LogP contribution < -0.4 is 5.56 Å². The zero-order valence-corrected chi connectivity index (χ0v) is 16.4. The van der Waals surface area contributed by atoms with Crippen LogP contribution in [0.25, 0.3) is 0 Å². The lowest BCUT2D eigenvalue weighted by Crippen LogP contribution is -2.52. The molecule has 0 bridgehead atoms. The minimum Gasteiger partial charge on any atom is -0.343 e. The number of likely N-dealkylation sites (tertiary alicyclic amines) is 2. The Balaban J connectivity index is 1.32. The second-order valence-corrected chi connectivity index (χ2v) is 8.21. The average molecular weight is 380 g/mol. The van der Waals surface area contributed by atoms with Gasteiger partial charge in [0.25, 0.3) is 5.56 Å². The molecule has 148 valence electrons. The number of benzene rings is 1. The van der Waals surface area contributed by atoms with E-state index in [4.69, 9.17) is 0 Å². The van der Waals surface area contributed by atoms with Gasteiger partial charge in [-0.1, -0.05) is 30.3 Å². The van der Waals surface area contributed by atoms with Gasteiger partial charge in [-0.3, -0.25) is 14.5 Å². The van der Waals surface area contributed by atoms with Crippen molar-refractivity contribution < 1.29 is 4.79 Å². The van der Waals surface area contributed by atoms with Crippen LogP contribution in [-0.2, 0) is 11.2 Å². The number of carbonyl (C=O) groups is 1. The molecule has 1 atom stereocenters. The summed E-state index contributed by atoms with van der Waals surface area (Å²) >= 11 is 0. The fourth-order valence-electron chi connectivity index (χ4n) is 4.82. The second kappa shape index (κ2) is 7.87. The summed E-state index contributed by atoms with van der Waals surface area (Å²) in [5.74, 6) is 0.767. The molecule has 6 heteroatoms. The highest BCUT2D eigenvalue weighted by atomic mass is 16.2. The van der Waals surface area contributed by atoms with Gasteiger partial charge < -0.3 is 4.90 Å². The third-order valence-electron chi connectivity index (χ3n) is 6.58. The largest absolute Gasteiger partial charge is 0.343 e. The summed E-state index contributed by atoms with van der Waals surface area (Å²) in [4.78, 5) is 28.2. The van der Waals surface area contributed by atoms with Crippen LogP contribution in [-0.4, -0.2) is 58.1 Å². The summed E-state index contributed by atoms with van der Waals surface area (Å²) in [5.41, 5.74) is 2.18. The van der Waals surface area contributed by atoms with E-state index in [-0.39, 0.29) is 17.0 Å². The Morgan fingerprint density at radius 1 is 1.18 bits per heavy atom. The van der Waals surface area contributed by atoms with Crippen molar-refractivity contribution in [2.24, 2.45) is 0 Å². The normalized spacial score (nSPS) is 21.9. The summed E-state index contributed by atoms with van der Waals surface area (Å²) in [7, 11) is 2.24. The molecular weight excluding hydrogens is 352 g/mol. The van der Waals surface area contributed by atoms with Gasteiger partial charge >= 0.3 is 0 Å². The highest BCUT2D eigenvalue weighted by molar-refractivity contribution is 5.76. The number of piperidine rings is 1. The minimum atomic E-state index is -0.217. The van der Waals surface area contributed by atoms with Crippen LogP contribution in [0.2, 0.25) is 0 Å². The number of nitrogens with one attached hydrogen (secondary N) is 1. The lowest BCUT2D eigenvalue weighted by atomic mass is 9.81. The molecule has 1 aromatic carbocycles. The van der Waals surface area contributed by atoms with E-state index in [9.17, 15) is 9.59 Å². The summed E-state index contributed by atoms with van der Waals surface area (Å²) in [5, 5.41) is 6.41. The number of carbonyl (C=O) groups excluding carboxylic acids is 1. The van der Waals surface area contributed by atoms with Crippen molar-refractivity contribution in [3.63, 3.8) is 0 Å². The zero-order valence-electron chi connectivity index (χ0n) is 16.4. The van der Waals surface area contributed by atoms with Crippen molar-refractivity contribution >= 4 is 5.91 Å². The van der Waals surface area contributed by atoms with Crippen LogP contribution in [0.3, 0.4) is 0 Å². The van der Waals surface area contributed by atoms with E-state index in [1.54, 1.807) is 6.07 Å². The van der Waals surface area contributed by atoms with Gasteiger partial charge in [-0.25, -0.2) is 5.10 Å². The van der Waals surface area contributed by atoms with Gasteiger partial charge in [0, 0.05) is 44.1 Å². The number of hydrogen-bond acceptors (Lipinski definition) is 4. The molecule has 1 aromatic heterocycles. The average Bonchev–Trinajstić information content (AvgIpc) is 3.04. The Morgan fingerprint density at radius 2 is 1.93 bits per heavy atom. The monoisotopic (exact) mass is 380 g/mol. The number of nitrogens with zero attached hydrogens (tertiary/aromatic N) is 3. The van der Waals surface area contributed by atoms with E-state index in [1.807, 2.05) is 4.90 Å². The highest BCUT2D eigenvalue weighted by Gasteiger charge is 2.46. The molecule has 0 saturated carbocycles. The molecule has 0 aliphatic carbocycles. The van der Waals surface area contributed by atoms with Gasteiger partial charge in [0.05, 0.1) is 5.69 Å². The Bertz CT molecular complexity index is 851. The van der Waals surface area contributed by atoms with Crippen LogP contribution in [0.15, 0.2) is 47.3 Å². The molecule has 28 heavy (non-hydrogen) atoms. The van der Waals surface area contributed by atoms with Crippen LogP contribution in [0.4, 0.5) is 0 Å². The fourth-order valence-corrected chi connectivity index (χ4v) is 4.82. The molecule has 4 rings (SSSR count). The Labute approximate surface area is 165 Å². The SMILES string of the molecule is CN1C[C@H](c2ccccc2)CC12CCN(C(=O)CCc1ccc(=O)[nH]n1)CC2. The molecule has 2 aliphatic rings. The maximum atomic E-state index is 12.6. The van der Waals surface area contributed by atoms with Crippen molar-refractivity contribution in [2.75, 3.05) is 26.7 Å². The number of aromatic amines is 1. The lowest BCUT2D eigenvalue weighted by molar-refractivity contribution is -0.133. The third kappa shape index (κ3) is 3.87. The van der Waals surface area contributed by atoms with Crippen LogP contribution >= 0.6 is 0 Å². The summed E-state index contributed by atoms with van der Waals surface area (Å²) in [6.45, 7) is 2.74. The first-order valence-electron chi connectivity index (χ1n) is 10.1. The Morgan fingerprint density at radius 3 is 2.61 bits per heavy atom. The van der Waals surface area contributed by atoms with E-state index < -0.39 is 0 Å². The molecule has 2 aromatic rings. The van der Waals surface area contributed by atoms with Crippen molar-refractivity contribution in [3.05, 3.63) is 64.1 Å². The number of hydrogen-bond donors (Lipinski definition) is 1. The van der Waals surface area contributed by atoms with Gasteiger partial charge in [-0.05, 0) is 43.9 Å². The second-order valence-electron chi connectivity index (χ2n) is 8.21. The lowest BCUT2D eigenvalue weighted by Gasteiger charge is -2.43. The number of H-pyrrole nitrogens is 1. The number of aromatic nitrogens is 2. The molecule has 2 saturated heterocycles. The van der Waals surface area contributed by atoms with Crippen molar-refractivity contribution in [3.8, 4) is 0 Å². The summed E-state index contributed by atoms with van der Waals surface area (Å²) < 4.78 is 0. The van der Waals surface area contributed by atoms with Crippen molar-refractivity contribution in [1.82, 2.24) is 20.0 Å². The number of amides is 1. The highest BCUT2D eigenvalue weighted by Crippen LogP contribution is 2.43. The smallest absolute Gasteiger partial charge is 0.264 e. The van der Waals surface area contributed by atoms with Gasteiger partial charge in [0.15, 0.2) is 0 Å². The molecule has 0 radical (unpaired) electrons. The molecule has 6 nitrogen and oxygen atoms in total. The zero-order chi connectivity index (χ0) is 19.6.